The van der Waals surface area contributed by atoms with Gasteiger partial charge in [-0.25, -0.2) is 9.78 Å². The Morgan fingerprint density at radius 3 is 2.71 bits per heavy atom. The second-order valence-corrected chi connectivity index (χ2v) is 8.08. The van der Waals surface area contributed by atoms with Gasteiger partial charge < -0.3 is 13.7 Å². The average Bonchev–Trinajstić information content (AvgIpc) is 3.43. The molecule has 0 bridgehead atoms. The van der Waals surface area contributed by atoms with E-state index in [9.17, 15) is 24.5 Å². The van der Waals surface area contributed by atoms with Gasteiger partial charge in [-0.1, -0.05) is 12.1 Å². The standard InChI is InChI=1S/C26H19N5O7/c1-2-37-26(34)20-14-19-22(27-21-10-3-4-11-29(21)25(19)33)30(15-18-9-6-12-38-18)23(20)28-24(32)16-7-5-8-17(13-16)31(35)36/h3-14H,2,15H2,1H3. The Kier molecular flexibility index (Phi) is 6.35. The summed E-state index contributed by atoms with van der Waals surface area (Å²) in [7, 11) is 0. The Hall–Kier alpha value is -5.39. The molecule has 5 rings (SSSR count). The number of furan rings is 1. The molecule has 190 valence electrons. The van der Waals surface area contributed by atoms with Crippen molar-refractivity contribution in [3.8, 4) is 0 Å². The molecule has 38 heavy (non-hydrogen) atoms. The van der Waals surface area contributed by atoms with E-state index in [-0.39, 0.29) is 46.5 Å². The second-order valence-electron chi connectivity index (χ2n) is 8.08. The van der Waals surface area contributed by atoms with Crippen LogP contribution < -0.4 is 11.0 Å². The maximum absolute atomic E-state index is 13.4. The number of amides is 1. The predicted octanol–water partition coefficient (Wildman–Crippen LogP) is 3.12. The quantitative estimate of drug-likeness (QED) is 0.145. The van der Waals surface area contributed by atoms with E-state index < -0.39 is 22.4 Å². The van der Waals surface area contributed by atoms with Gasteiger partial charge in [-0.3, -0.25) is 24.1 Å². The van der Waals surface area contributed by atoms with Gasteiger partial charge in [-0.15, -0.1) is 0 Å². The summed E-state index contributed by atoms with van der Waals surface area (Å²) in [5.74, 6) is -1.22. The van der Waals surface area contributed by atoms with Gasteiger partial charge in [0.15, 0.2) is 5.49 Å². The van der Waals surface area contributed by atoms with E-state index in [4.69, 9.17) is 9.15 Å². The Bertz CT molecular complexity index is 1850. The fraction of sp³-hybridized carbons (Fsp3) is 0.115. The topological polar surface area (TPSA) is 151 Å². The van der Waals surface area contributed by atoms with Crippen molar-refractivity contribution in [3.63, 3.8) is 0 Å². The molecule has 12 nitrogen and oxygen atoms in total. The van der Waals surface area contributed by atoms with E-state index in [1.165, 1.54) is 39.5 Å². The Labute approximate surface area is 213 Å². The zero-order valence-electron chi connectivity index (χ0n) is 19.9. The third-order valence-corrected chi connectivity index (χ3v) is 5.69. The maximum atomic E-state index is 13.4. The van der Waals surface area contributed by atoms with Crippen LogP contribution in [0.2, 0.25) is 0 Å². The zero-order chi connectivity index (χ0) is 26.8. The number of ether oxygens (including phenoxy) is 1. The second kappa shape index (κ2) is 9.93. The molecule has 1 aromatic carbocycles. The molecule has 0 unspecified atom stereocenters. The number of fused-ring (bicyclic) bond motifs is 2. The Morgan fingerprint density at radius 2 is 1.97 bits per heavy atom. The van der Waals surface area contributed by atoms with E-state index in [0.717, 1.165) is 6.07 Å². The van der Waals surface area contributed by atoms with Crippen LogP contribution in [0.5, 0.6) is 0 Å². The van der Waals surface area contributed by atoms with Gasteiger partial charge in [0.1, 0.15) is 22.6 Å². The lowest BCUT2D eigenvalue weighted by Crippen LogP contribution is -2.33. The molecule has 0 saturated heterocycles. The first-order chi connectivity index (χ1) is 18.4. The summed E-state index contributed by atoms with van der Waals surface area (Å²) >= 11 is 0. The summed E-state index contributed by atoms with van der Waals surface area (Å²) in [5, 5.41) is 11.3. The Morgan fingerprint density at radius 1 is 1.13 bits per heavy atom. The summed E-state index contributed by atoms with van der Waals surface area (Å²) in [6.45, 7) is 1.61. The third kappa shape index (κ3) is 4.46. The highest BCUT2D eigenvalue weighted by atomic mass is 16.6. The lowest BCUT2D eigenvalue weighted by atomic mass is 10.2. The van der Waals surface area contributed by atoms with Crippen molar-refractivity contribution in [2.75, 3.05) is 6.61 Å². The molecule has 0 saturated carbocycles. The molecule has 0 radical (unpaired) electrons. The number of benzene rings is 1. The zero-order valence-corrected chi connectivity index (χ0v) is 19.9. The van der Waals surface area contributed by atoms with Crippen LogP contribution in [0.25, 0.3) is 16.7 Å². The van der Waals surface area contributed by atoms with Crippen LogP contribution in [0.3, 0.4) is 0 Å². The normalized spacial score (nSPS) is 11.7. The van der Waals surface area contributed by atoms with Gasteiger partial charge >= 0.3 is 5.97 Å². The minimum atomic E-state index is -0.843. The molecular weight excluding hydrogens is 494 g/mol. The molecular formula is C26H19N5O7. The molecule has 0 fully saturated rings. The van der Waals surface area contributed by atoms with Crippen LogP contribution in [0, 0.1) is 10.1 Å². The maximum Gasteiger partial charge on any atom is 0.341 e. The number of hydrogen-bond acceptors (Lipinski definition) is 8. The number of carbonyl (C=O) groups excluding carboxylic acids is 2. The number of rotatable bonds is 6. The fourth-order valence-electron chi connectivity index (χ4n) is 3.98. The van der Waals surface area contributed by atoms with Crippen LogP contribution in [0.4, 0.5) is 5.69 Å². The number of hydrogen-bond donors (Lipinski definition) is 0. The molecule has 0 N–H and O–H groups in total. The molecule has 1 amide bonds. The molecule has 4 heterocycles. The van der Waals surface area contributed by atoms with Crippen molar-refractivity contribution in [2.45, 2.75) is 13.5 Å². The lowest BCUT2D eigenvalue weighted by molar-refractivity contribution is -0.384. The highest BCUT2D eigenvalue weighted by molar-refractivity contribution is 5.97. The highest BCUT2D eigenvalue weighted by Crippen LogP contribution is 2.16. The van der Waals surface area contributed by atoms with Gasteiger partial charge in [0, 0.05) is 23.9 Å². The molecule has 12 heteroatoms. The Balaban J connectivity index is 1.87. The summed E-state index contributed by atoms with van der Waals surface area (Å²) in [6.07, 6.45) is 3.01. The number of non-ortho nitro benzene ring substituents is 1. The lowest BCUT2D eigenvalue weighted by Gasteiger charge is -2.14. The number of esters is 1. The molecule has 4 aromatic heterocycles. The number of nitrogens with zero attached hydrogens (tertiary/aromatic N) is 5. The predicted molar refractivity (Wildman–Crippen MR) is 134 cm³/mol. The molecule has 0 spiro atoms. The fourth-order valence-corrected chi connectivity index (χ4v) is 3.98. The smallest absolute Gasteiger partial charge is 0.341 e. The van der Waals surface area contributed by atoms with Gasteiger partial charge in [-0.2, -0.15) is 4.99 Å². The number of nitro groups is 1. The largest absolute Gasteiger partial charge is 0.467 e. The van der Waals surface area contributed by atoms with E-state index in [1.54, 1.807) is 43.5 Å². The van der Waals surface area contributed by atoms with Crippen LogP contribution in [-0.4, -0.2) is 37.4 Å². The van der Waals surface area contributed by atoms with Crippen molar-refractivity contribution >= 4 is 34.2 Å². The van der Waals surface area contributed by atoms with Crippen LogP contribution in [0.15, 0.2) is 87.3 Å². The monoisotopic (exact) mass is 513 g/mol. The third-order valence-electron chi connectivity index (χ3n) is 5.69. The van der Waals surface area contributed by atoms with Gasteiger partial charge in [-0.05, 0) is 43.3 Å². The van der Waals surface area contributed by atoms with Crippen molar-refractivity contribution in [1.29, 1.82) is 0 Å². The molecule has 0 aliphatic rings. The van der Waals surface area contributed by atoms with Crippen LogP contribution >= 0.6 is 0 Å². The summed E-state index contributed by atoms with van der Waals surface area (Å²) in [6, 6.07) is 14.7. The highest BCUT2D eigenvalue weighted by Gasteiger charge is 2.21. The van der Waals surface area contributed by atoms with Crippen LogP contribution in [-0.2, 0) is 11.3 Å². The SMILES string of the molecule is CCOC(=O)c1cc2c(=O)n3ccccc3nc2n(Cc2ccco2)c1=NC(=O)c1cccc([N+](=O)[O-])c1. The summed E-state index contributed by atoms with van der Waals surface area (Å²) in [4.78, 5) is 59.1. The summed E-state index contributed by atoms with van der Waals surface area (Å²) < 4.78 is 13.4. The minimum absolute atomic E-state index is 0.0300. The average molecular weight is 513 g/mol. The van der Waals surface area contributed by atoms with E-state index in [1.807, 2.05) is 0 Å². The van der Waals surface area contributed by atoms with E-state index >= 15 is 0 Å². The van der Waals surface area contributed by atoms with Gasteiger partial charge in [0.25, 0.3) is 17.2 Å². The van der Waals surface area contributed by atoms with Crippen molar-refractivity contribution in [3.05, 3.63) is 116 Å². The molecule has 5 aromatic rings. The van der Waals surface area contributed by atoms with Crippen LogP contribution in [0.1, 0.15) is 33.4 Å². The number of nitro benzene ring substituents is 1. The van der Waals surface area contributed by atoms with E-state index in [2.05, 4.69) is 9.98 Å². The van der Waals surface area contributed by atoms with E-state index in [0.29, 0.717) is 11.4 Å². The van der Waals surface area contributed by atoms with Crippen molar-refractivity contribution in [2.24, 2.45) is 4.99 Å². The molecule has 0 aliphatic heterocycles. The number of pyridine rings is 2. The summed E-state index contributed by atoms with van der Waals surface area (Å²) in [5.41, 5.74) is -0.615. The first-order valence-corrected chi connectivity index (χ1v) is 11.5. The minimum Gasteiger partial charge on any atom is -0.467 e. The van der Waals surface area contributed by atoms with Crippen molar-refractivity contribution < 1.29 is 23.7 Å². The van der Waals surface area contributed by atoms with Crippen molar-refractivity contribution in [1.82, 2.24) is 14.0 Å². The first kappa shape index (κ1) is 24.3. The molecule has 0 atom stereocenters. The molecule has 0 aliphatic carbocycles. The number of aromatic nitrogens is 3. The van der Waals surface area contributed by atoms with Gasteiger partial charge in [0.05, 0.1) is 29.7 Å². The first-order valence-electron chi connectivity index (χ1n) is 11.5. The van der Waals surface area contributed by atoms with Gasteiger partial charge in [0.2, 0.25) is 0 Å². The number of carbonyl (C=O) groups is 2.